The quantitative estimate of drug-likeness (QED) is 0.922. The average molecular weight is 268 g/mol. The molecule has 0 spiro atoms. The van der Waals surface area contributed by atoms with Crippen LogP contribution in [0.4, 0.5) is 11.6 Å². The molecule has 5 nitrogen and oxygen atoms in total. The highest BCUT2D eigenvalue weighted by molar-refractivity contribution is 5.92. The molecule has 1 aliphatic rings. The molecule has 0 atom stereocenters. The Morgan fingerprint density at radius 3 is 2.65 bits per heavy atom. The summed E-state index contributed by atoms with van der Waals surface area (Å²) in [5.41, 5.74) is 6.75. The summed E-state index contributed by atoms with van der Waals surface area (Å²) in [6.45, 7) is 0. The Bertz CT molecular complexity index is 635. The van der Waals surface area contributed by atoms with E-state index in [9.17, 15) is 4.79 Å². The molecule has 1 aliphatic carbocycles. The van der Waals surface area contributed by atoms with Crippen LogP contribution in [0.2, 0.25) is 0 Å². The van der Waals surface area contributed by atoms with Crippen LogP contribution in [0, 0.1) is 0 Å². The Balaban J connectivity index is 1.85. The number of anilines is 2. The second kappa shape index (κ2) is 4.92. The van der Waals surface area contributed by atoms with E-state index in [1.54, 1.807) is 12.1 Å². The molecule has 2 heterocycles. The number of carbonyl (C=O) groups is 1. The third-order valence-electron chi connectivity index (χ3n) is 3.47. The summed E-state index contributed by atoms with van der Waals surface area (Å²) in [7, 11) is 1.91. The number of primary amides is 1. The van der Waals surface area contributed by atoms with Crippen LogP contribution >= 0.6 is 0 Å². The van der Waals surface area contributed by atoms with E-state index in [1.807, 2.05) is 24.1 Å². The maximum atomic E-state index is 11.0. The van der Waals surface area contributed by atoms with Gasteiger partial charge in [0.15, 0.2) is 0 Å². The first-order valence-electron chi connectivity index (χ1n) is 6.61. The van der Waals surface area contributed by atoms with E-state index in [1.165, 1.54) is 19.0 Å². The fourth-order valence-electron chi connectivity index (χ4n) is 2.08. The van der Waals surface area contributed by atoms with E-state index in [-0.39, 0.29) is 0 Å². The van der Waals surface area contributed by atoms with Crippen molar-refractivity contribution < 1.29 is 4.79 Å². The molecule has 3 rings (SSSR count). The lowest BCUT2D eigenvalue weighted by Gasteiger charge is -2.17. The van der Waals surface area contributed by atoms with Crippen LogP contribution in [0.3, 0.4) is 0 Å². The minimum absolute atomic E-state index is 0.404. The smallest absolute Gasteiger partial charge is 0.250 e. The van der Waals surface area contributed by atoms with Gasteiger partial charge in [-0.1, -0.05) is 6.07 Å². The summed E-state index contributed by atoms with van der Waals surface area (Å²) in [4.78, 5) is 21.8. The zero-order valence-electron chi connectivity index (χ0n) is 11.3. The van der Waals surface area contributed by atoms with Gasteiger partial charge in [0.05, 0.1) is 5.56 Å². The van der Waals surface area contributed by atoms with Gasteiger partial charge in [0.25, 0.3) is 0 Å². The van der Waals surface area contributed by atoms with Crippen LogP contribution in [0.25, 0.3) is 0 Å². The predicted octanol–water partition coefficient (Wildman–Crippen LogP) is 2.22. The van der Waals surface area contributed by atoms with Gasteiger partial charge in [-0.3, -0.25) is 4.79 Å². The number of hydrogen-bond donors (Lipinski definition) is 1. The lowest BCUT2D eigenvalue weighted by Crippen LogP contribution is -2.15. The molecule has 0 aliphatic heterocycles. The number of pyridine rings is 2. The molecule has 2 N–H and O–H groups in total. The summed E-state index contributed by atoms with van der Waals surface area (Å²) in [5.74, 6) is 1.73. The van der Waals surface area contributed by atoms with Crippen LogP contribution in [0.1, 0.15) is 34.8 Å². The Kier molecular flexibility index (Phi) is 3.10. The molecule has 2 aromatic rings. The molecule has 1 fully saturated rings. The van der Waals surface area contributed by atoms with E-state index in [2.05, 4.69) is 16.0 Å². The molecular weight excluding hydrogens is 252 g/mol. The van der Waals surface area contributed by atoms with Crippen molar-refractivity contribution in [2.24, 2.45) is 5.73 Å². The minimum atomic E-state index is -0.472. The molecule has 0 unspecified atom stereocenters. The molecule has 0 saturated heterocycles. The second-order valence-corrected chi connectivity index (χ2v) is 5.02. The third kappa shape index (κ3) is 2.47. The number of carbonyl (C=O) groups excluding carboxylic acids is 1. The van der Waals surface area contributed by atoms with Crippen molar-refractivity contribution in [3.05, 3.63) is 47.8 Å². The minimum Gasteiger partial charge on any atom is -0.366 e. The number of hydrogen-bond acceptors (Lipinski definition) is 4. The second-order valence-electron chi connectivity index (χ2n) is 5.02. The Morgan fingerprint density at radius 1 is 1.25 bits per heavy atom. The highest BCUT2D eigenvalue weighted by Crippen LogP contribution is 2.39. The van der Waals surface area contributed by atoms with Crippen molar-refractivity contribution in [2.45, 2.75) is 18.8 Å². The highest BCUT2D eigenvalue weighted by Gasteiger charge is 2.25. The largest absolute Gasteiger partial charge is 0.366 e. The van der Waals surface area contributed by atoms with Gasteiger partial charge < -0.3 is 10.6 Å². The summed E-state index contributed by atoms with van der Waals surface area (Å²) in [6.07, 6.45) is 3.94. The topological polar surface area (TPSA) is 72.1 Å². The van der Waals surface area contributed by atoms with Gasteiger partial charge >= 0.3 is 0 Å². The fourth-order valence-corrected chi connectivity index (χ4v) is 2.08. The molecule has 2 aromatic heterocycles. The molecule has 0 radical (unpaired) electrons. The van der Waals surface area contributed by atoms with Crippen molar-refractivity contribution in [1.29, 1.82) is 0 Å². The zero-order valence-corrected chi connectivity index (χ0v) is 11.3. The van der Waals surface area contributed by atoms with E-state index in [0.717, 1.165) is 17.3 Å². The Hall–Kier alpha value is -2.43. The van der Waals surface area contributed by atoms with E-state index in [4.69, 9.17) is 5.73 Å². The number of rotatable bonds is 4. The molecule has 0 aromatic carbocycles. The first kappa shape index (κ1) is 12.6. The summed E-state index contributed by atoms with van der Waals surface area (Å²) in [6, 6.07) is 9.48. The molecule has 5 heteroatoms. The fraction of sp³-hybridized carbons (Fsp3) is 0.267. The van der Waals surface area contributed by atoms with Crippen molar-refractivity contribution in [2.75, 3.05) is 11.9 Å². The van der Waals surface area contributed by atoms with Gasteiger partial charge in [0, 0.05) is 24.9 Å². The highest BCUT2D eigenvalue weighted by atomic mass is 16.1. The molecule has 20 heavy (non-hydrogen) atoms. The van der Waals surface area contributed by atoms with Gasteiger partial charge in [0.2, 0.25) is 5.91 Å². The normalized spacial score (nSPS) is 14.1. The molecular formula is C15H16N4O. The maximum absolute atomic E-state index is 11.0. The number of amides is 1. The van der Waals surface area contributed by atoms with Crippen LogP contribution in [-0.4, -0.2) is 22.9 Å². The van der Waals surface area contributed by atoms with Gasteiger partial charge in [-0.15, -0.1) is 0 Å². The van der Waals surface area contributed by atoms with Crippen LogP contribution in [0.5, 0.6) is 0 Å². The van der Waals surface area contributed by atoms with Crippen molar-refractivity contribution in [3.63, 3.8) is 0 Å². The Morgan fingerprint density at radius 2 is 2.05 bits per heavy atom. The van der Waals surface area contributed by atoms with Gasteiger partial charge in [-0.05, 0) is 37.1 Å². The Labute approximate surface area is 117 Å². The van der Waals surface area contributed by atoms with Crippen molar-refractivity contribution >= 4 is 17.5 Å². The standard InChI is InChI=1S/C15H16N4O/c1-19(13-8-7-11(9-17-13)15(16)20)14-4-2-3-12(18-14)10-5-6-10/h2-4,7-10H,5-6H2,1H3,(H2,16,20). The van der Waals surface area contributed by atoms with Crippen LogP contribution in [-0.2, 0) is 0 Å². The van der Waals surface area contributed by atoms with Crippen LogP contribution in [0.15, 0.2) is 36.5 Å². The lowest BCUT2D eigenvalue weighted by molar-refractivity contribution is 0.1000. The summed E-state index contributed by atoms with van der Waals surface area (Å²) in [5, 5.41) is 0. The van der Waals surface area contributed by atoms with Crippen molar-refractivity contribution in [1.82, 2.24) is 9.97 Å². The maximum Gasteiger partial charge on any atom is 0.250 e. The number of nitrogens with two attached hydrogens (primary N) is 1. The first-order valence-corrected chi connectivity index (χ1v) is 6.61. The first-order chi connectivity index (χ1) is 9.65. The SMILES string of the molecule is CN(c1ccc(C(N)=O)cn1)c1cccc(C2CC2)n1. The number of nitrogens with zero attached hydrogens (tertiary/aromatic N) is 3. The summed E-state index contributed by atoms with van der Waals surface area (Å²) < 4.78 is 0. The van der Waals surface area contributed by atoms with E-state index < -0.39 is 5.91 Å². The predicted molar refractivity (Wildman–Crippen MR) is 77.0 cm³/mol. The van der Waals surface area contributed by atoms with Gasteiger partial charge in [-0.25, -0.2) is 9.97 Å². The van der Waals surface area contributed by atoms with Gasteiger partial charge in [-0.2, -0.15) is 0 Å². The van der Waals surface area contributed by atoms with E-state index in [0.29, 0.717) is 11.5 Å². The lowest BCUT2D eigenvalue weighted by atomic mass is 10.2. The van der Waals surface area contributed by atoms with Gasteiger partial charge in [0.1, 0.15) is 11.6 Å². The van der Waals surface area contributed by atoms with Crippen molar-refractivity contribution in [3.8, 4) is 0 Å². The van der Waals surface area contributed by atoms with Crippen LogP contribution < -0.4 is 10.6 Å². The monoisotopic (exact) mass is 268 g/mol. The molecule has 1 amide bonds. The summed E-state index contributed by atoms with van der Waals surface area (Å²) >= 11 is 0. The van der Waals surface area contributed by atoms with E-state index >= 15 is 0 Å². The molecule has 0 bridgehead atoms. The zero-order chi connectivity index (χ0) is 14.1. The average Bonchev–Trinajstić information content (AvgIpc) is 3.31. The third-order valence-corrected chi connectivity index (χ3v) is 3.47. The number of aromatic nitrogens is 2. The molecule has 102 valence electrons. The molecule has 1 saturated carbocycles.